The zero-order valence-electron chi connectivity index (χ0n) is 18.0. The van der Waals surface area contributed by atoms with Crippen molar-refractivity contribution in [1.82, 2.24) is 0 Å². The fourth-order valence-corrected chi connectivity index (χ4v) is 4.67. The molecule has 1 saturated carbocycles. The normalized spacial score (nSPS) is 15.3. The molecule has 0 aromatic heterocycles. The van der Waals surface area contributed by atoms with Crippen LogP contribution in [0.2, 0.25) is 0 Å². The van der Waals surface area contributed by atoms with Gasteiger partial charge in [0, 0.05) is 0 Å². The van der Waals surface area contributed by atoms with Gasteiger partial charge in [0.25, 0.3) is 0 Å². The molecule has 158 valence electrons. The molecule has 0 atom stereocenters. The second-order valence-electron chi connectivity index (χ2n) is 7.93. The zero-order chi connectivity index (χ0) is 19.8. The summed E-state index contributed by atoms with van der Waals surface area (Å²) in [7, 11) is 0. The third-order valence-electron chi connectivity index (χ3n) is 5.39. The van der Waals surface area contributed by atoms with Gasteiger partial charge in [0.15, 0.2) is 0 Å². The van der Waals surface area contributed by atoms with Crippen molar-refractivity contribution in [2.75, 3.05) is 0 Å². The molecule has 0 bridgehead atoms. The Morgan fingerprint density at radius 3 is 2.17 bits per heavy atom. The molecule has 0 amide bonds. The molecule has 0 N–H and O–H groups in total. The fourth-order valence-electron chi connectivity index (χ4n) is 3.80. The average molecular weight is 517 g/mol. The maximum atomic E-state index is 3.38. The Kier molecular flexibility index (Phi) is 13.0. The molecule has 0 aliphatic heterocycles. The number of benzene rings is 2. The van der Waals surface area contributed by atoms with Crippen molar-refractivity contribution < 1.29 is 49.0 Å². The molecule has 3 aliphatic carbocycles. The van der Waals surface area contributed by atoms with Crippen LogP contribution in [-0.4, -0.2) is 3.21 Å². The van der Waals surface area contributed by atoms with E-state index in [4.69, 9.17) is 0 Å². The van der Waals surface area contributed by atoms with Crippen molar-refractivity contribution in [3.8, 4) is 11.1 Å². The van der Waals surface area contributed by atoms with Crippen LogP contribution in [-0.2, 0) is 30.7 Å². The van der Waals surface area contributed by atoms with E-state index >= 15 is 0 Å². The van der Waals surface area contributed by atoms with Crippen LogP contribution in [0.25, 0.3) is 11.1 Å². The van der Waals surface area contributed by atoms with Gasteiger partial charge in [0.1, 0.15) is 0 Å². The average Bonchev–Trinajstić information content (AvgIpc) is 3.31. The van der Waals surface area contributed by atoms with E-state index in [0.717, 1.165) is 12.8 Å². The van der Waals surface area contributed by atoms with Crippen molar-refractivity contribution in [1.29, 1.82) is 0 Å². The van der Waals surface area contributed by atoms with Crippen LogP contribution in [0.1, 0.15) is 67.2 Å². The first-order valence-electron chi connectivity index (χ1n) is 10.5. The van der Waals surface area contributed by atoms with Crippen LogP contribution in [0.3, 0.4) is 0 Å². The molecule has 0 saturated heterocycles. The monoisotopic (exact) mass is 514 g/mol. The molecule has 3 heteroatoms. The molecule has 1 fully saturated rings. The number of halogens is 2. The van der Waals surface area contributed by atoms with E-state index in [-0.39, 0.29) is 24.8 Å². The van der Waals surface area contributed by atoms with Crippen LogP contribution < -0.4 is 24.8 Å². The Balaban J connectivity index is 0.000000255. The molecular weight excluding hydrogens is 486 g/mol. The van der Waals surface area contributed by atoms with Crippen LogP contribution in [0.5, 0.6) is 0 Å². The van der Waals surface area contributed by atoms with Crippen molar-refractivity contribution in [2.45, 2.75) is 65.2 Å². The predicted octanol–water partition coefficient (Wildman–Crippen LogP) is 1.05. The summed E-state index contributed by atoms with van der Waals surface area (Å²) >= 11 is 1.69. The van der Waals surface area contributed by atoms with E-state index in [1.807, 2.05) is 15.4 Å². The first-order chi connectivity index (χ1) is 13.6. The second-order valence-corrected chi connectivity index (χ2v) is 9.67. The van der Waals surface area contributed by atoms with Gasteiger partial charge in [-0.05, 0) is 13.3 Å². The summed E-state index contributed by atoms with van der Waals surface area (Å²) in [5.74, 6) is 0. The summed E-state index contributed by atoms with van der Waals surface area (Å²) in [5.41, 5.74) is 8.21. The van der Waals surface area contributed by atoms with E-state index in [2.05, 4.69) is 62.4 Å². The van der Waals surface area contributed by atoms with Gasteiger partial charge in [-0.1, -0.05) is 41.8 Å². The van der Waals surface area contributed by atoms with Crippen LogP contribution >= 0.6 is 0 Å². The summed E-state index contributed by atoms with van der Waals surface area (Å²) in [6, 6.07) is 14.5. The Bertz CT molecular complexity index is 811. The Hall–Kier alpha value is -0.747. The Morgan fingerprint density at radius 1 is 0.867 bits per heavy atom. The number of aryl methyl sites for hydroxylation is 2. The van der Waals surface area contributed by atoms with Crippen molar-refractivity contribution >= 4 is 3.21 Å². The zero-order valence-corrected chi connectivity index (χ0v) is 22.0. The van der Waals surface area contributed by atoms with Crippen molar-refractivity contribution in [2.24, 2.45) is 0 Å². The Morgan fingerprint density at radius 2 is 1.57 bits per heavy atom. The number of fused-ring (bicyclic) bond motifs is 3. The topological polar surface area (TPSA) is 0 Å². The van der Waals surface area contributed by atoms with E-state index in [9.17, 15) is 0 Å². The van der Waals surface area contributed by atoms with Gasteiger partial charge in [0.05, 0.1) is 0 Å². The SMILES string of the molecule is Cc1c[c-]c2c(c1)-c1cc(C)ccc1C2.[C-]1=CC=CC1.[Cl-].[Cl-].[Zr+2]=[C]1CCCCCC1. The van der Waals surface area contributed by atoms with Crippen molar-refractivity contribution in [3.63, 3.8) is 0 Å². The second kappa shape index (κ2) is 14.3. The van der Waals surface area contributed by atoms with E-state index in [0.29, 0.717) is 0 Å². The van der Waals surface area contributed by atoms with Gasteiger partial charge >= 0.3 is 66.0 Å². The molecule has 0 nitrogen and oxygen atoms in total. The molecule has 2 aromatic carbocycles. The molecule has 30 heavy (non-hydrogen) atoms. The minimum atomic E-state index is 0. The van der Waals surface area contributed by atoms with Crippen LogP contribution in [0.4, 0.5) is 0 Å². The van der Waals surface area contributed by atoms with E-state index in [1.165, 1.54) is 71.9 Å². The van der Waals surface area contributed by atoms with Gasteiger partial charge in [-0.25, -0.2) is 12.2 Å². The van der Waals surface area contributed by atoms with E-state index in [1.54, 1.807) is 24.2 Å². The van der Waals surface area contributed by atoms with Crippen molar-refractivity contribution in [3.05, 3.63) is 83.0 Å². The van der Waals surface area contributed by atoms with Crippen LogP contribution in [0, 0.1) is 26.0 Å². The van der Waals surface area contributed by atoms with Gasteiger partial charge in [0.2, 0.25) is 0 Å². The number of rotatable bonds is 0. The fraction of sp³-hybridized carbons (Fsp3) is 0.370. The molecule has 2 aromatic rings. The maximum absolute atomic E-state index is 3.38. The molecule has 0 radical (unpaired) electrons. The molecular formula is C27H30Cl2Zr-2. The molecule has 0 heterocycles. The summed E-state index contributed by atoms with van der Waals surface area (Å²) in [5, 5.41) is 0. The summed E-state index contributed by atoms with van der Waals surface area (Å²) in [4.78, 5) is 0. The summed E-state index contributed by atoms with van der Waals surface area (Å²) in [6.07, 6.45) is 19.8. The third-order valence-corrected chi connectivity index (χ3v) is 6.62. The third kappa shape index (κ3) is 8.41. The first-order valence-corrected chi connectivity index (χ1v) is 11.8. The predicted molar refractivity (Wildman–Crippen MR) is 117 cm³/mol. The minimum absolute atomic E-state index is 0. The van der Waals surface area contributed by atoms with Gasteiger partial charge < -0.3 is 24.8 Å². The first kappa shape index (κ1) is 27.3. The standard InChI is InChI=1S/C15H13.C7H12.C5H5.2ClH.Zr/c1-10-3-5-12-9-13-6-4-11(2)8-15(13)14(12)7-10;1-2-4-6-7-5-3-1;1-2-4-5-3-1;;;/h3-5,7-8H,9H2,1-2H3;1-6H2;1-3H,4H2;2*1H;/q-1;;-1;;;+2/p-2. The molecule has 3 aliphatic rings. The van der Waals surface area contributed by atoms with Gasteiger partial charge in [-0.2, -0.15) is 35.4 Å². The van der Waals surface area contributed by atoms with E-state index < -0.39 is 0 Å². The molecule has 5 rings (SSSR count). The molecule has 0 spiro atoms. The van der Waals surface area contributed by atoms with Crippen LogP contribution in [0.15, 0.2) is 48.6 Å². The summed E-state index contributed by atoms with van der Waals surface area (Å²) < 4.78 is 1.81. The number of hydrogen-bond acceptors (Lipinski definition) is 0. The summed E-state index contributed by atoms with van der Waals surface area (Å²) in [6.45, 7) is 4.28. The number of hydrogen-bond donors (Lipinski definition) is 0. The van der Waals surface area contributed by atoms with Gasteiger partial charge in [-0.15, -0.1) is 12.0 Å². The Labute approximate surface area is 210 Å². The number of allylic oxidation sites excluding steroid dienone is 4. The molecule has 0 unspecified atom stereocenters. The van der Waals surface area contributed by atoms with Gasteiger partial charge in [-0.3, -0.25) is 6.08 Å². The quantitative estimate of drug-likeness (QED) is 0.310.